The lowest BCUT2D eigenvalue weighted by molar-refractivity contribution is 0.0998. The van der Waals surface area contributed by atoms with E-state index in [9.17, 15) is 18.3 Å². The summed E-state index contributed by atoms with van der Waals surface area (Å²) in [6.07, 6.45) is 4.59. The number of nitrogens with zero attached hydrogens (tertiary/aromatic N) is 2. The summed E-state index contributed by atoms with van der Waals surface area (Å²) >= 11 is 0. The Kier molecular flexibility index (Phi) is 3.97. The van der Waals surface area contributed by atoms with Crippen LogP contribution < -0.4 is 0 Å². The van der Waals surface area contributed by atoms with E-state index in [0.717, 1.165) is 4.31 Å². The van der Waals surface area contributed by atoms with Crippen LogP contribution in [-0.2, 0) is 10.0 Å². The summed E-state index contributed by atoms with van der Waals surface area (Å²) in [5, 5.41) is 9.21. The molecule has 0 saturated heterocycles. The number of carbonyl (C=O) groups excluding carboxylic acids is 1. The first kappa shape index (κ1) is 15.4. The number of fused-ring (bicyclic) bond motifs is 1. The molecule has 1 aliphatic heterocycles. The van der Waals surface area contributed by atoms with E-state index in [4.69, 9.17) is 0 Å². The fraction of sp³-hybridized carbons (Fsp3) is 0.125. The van der Waals surface area contributed by atoms with Crippen molar-refractivity contribution < 1.29 is 18.3 Å². The average Bonchev–Trinajstić information content (AvgIpc) is 2.57. The zero-order chi connectivity index (χ0) is 16.4. The number of aliphatic hydroxyl groups is 1. The van der Waals surface area contributed by atoms with Crippen LogP contribution in [0.2, 0.25) is 0 Å². The summed E-state index contributed by atoms with van der Waals surface area (Å²) in [6.45, 7) is -0.576. The minimum atomic E-state index is -3.88. The van der Waals surface area contributed by atoms with Crippen molar-refractivity contribution in [1.82, 2.24) is 9.29 Å². The molecule has 0 bridgehead atoms. The third-order valence-corrected chi connectivity index (χ3v) is 5.36. The van der Waals surface area contributed by atoms with Gasteiger partial charge < -0.3 is 5.11 Å². The highest BCUT2D eigenvalue weighted by molar-refractivity contribution is 7.89. The summed E-state index contributed by atoms with van der Waals surface area (Å²) < 4.78 is 26.4. The smallest absolute Gasteiger partial charge is 0.265 e. The van der Waals surface area contributed by atoms with Crippen LogP contribution in [0.3, 0.4) is 0 Å². The highest BCUT2D eigenvalue weighted by atomic mass is 32.2. The highest BCUT2D eigenvalue weighted by Gasteiger charge is 2.38. The zero-order valence-corrected chi connectivity index (χ0v) is 12.9. The van der Waals surface area contributed by atoms with Gasteiger partial charge in [0.1, 0.15) is 5.70 Å². The molecule has 1 aromatic carbocycles. The topological polar surface area (TPSA) is 87.6 Å². The Balaban J connectivity index is 2.23. The quantitative estimate of drug-likeness (QED) is 0.857. The van der Waals surface area contributed by atoms with Gasteiger partial charge in [0.15, 0.2) is 0 Å². The second-order valence-corrected chi connectivity index (χ2v) is 6.77. The Labute approximate surface area is 133 Å². The number of Topliss-reactive ketones (excluding diaryl/α,β-unsaturated/α-hetero) is 1. The van der Waals surface area contributed by atoms with E-state index in [1.807, 2.05) is 0 Å². The Morgan fingerprint density at radius 1 is 1.17 bits per heavy atom. The van der Waals surface area contributed by atoms with Crippen LogP contribution >= 0.6 is 0 Å². The van der Waals surface area contributed by atoms with E-state index >= 15 is 0 Å². The maximum absolute atomic E-state index is 12.7. The summed E-state index contributed by atoms with van der Waals surface area (Å²) in [4.78, 5) is 16.6. The van der Waals surface area contributed by atoms with Crippen LogP contribution in [0, 0.1) is 0 Å². The first-order chi connectivity index (χ1) is 11.1. The first-order valence-electron chi connectivity index (χ1n) is 6.95. The van der Waals surface area contributed by atoms with Gasteiger partial charge in [0, 0.05) is 18.0 Å². The maximum Gasteiger partial charge on any atom is 0.265 e. The normalized spacial score (nSPS) is 18.0. The van der Waals surface area contributed by atoms with Gasteiger partial charge in [-0.15, -0.1) is 0 Å². The minimum absolute atomic E-state index is 0.00532. The Morgan fingerprint density at radius 3 is 2.65 bits per heavy atom. The van der Waals surface area contributed by atoms with Crippen LogP contribution in [0.25, 0.3) is 6.08 Å². The number of ketones is 1. The third-order valence-electron chi connectivity index (χ3n) is 3.49. The predicted octanol–water partition coefficient (Wildman–Crippen LogP) is 1.30. The van der Waals surface area contributed by atoms with E-state index in [-0.39, 0.29) is 29.3 Å². The van der Waals surface area contributed by atoms with Gasteiger partial charge in [0.25, 0.3) is 10.0 Å². The molecule has 118 valence electrons. The number of sulfonamides is 1. The number of aromatic nitrogens is 1. The van der Waals surface area contributed by atoms with Gasteiger partial charge in [-0.25, -0.2) is 8.42 Å². The number of rotatable bonds is 3. The van der Waals surface area contributed by atoms with Crippen LogP contribution in [0.5, 0.6) is 0 Å². The number of pyridine rings is 1. The molecule has 1 aromatic heterocycles. The largest absolute Gasteiger partial charge is 0.394 e. The fourth-order valence-electron chi connectivity index (χ4n) is 2.47. The second-order valence-electron chi connectivity index (χ2n) is 4.94. The molecule has 0 unspecified atom stereocenters. The minimum Gasteiger partial charge on any atom is -0.394 e. The van der Waals surface area contributed by atoms with Gasteiger partial charge in [-0.3, -0.25) is 14.1 Å². The Hall–Kier alpha value is -2.51. The molecule has 2 heterocycles. The SMILES string of the molecule is O=C1C(=Cc2cccnc2)N(CCO)S(=O)(=O)c2ccccc21. The number of β-amino-alcohol motifs (C(OH)–C–C–N with tert-alkyl or cyclic N) is 1. The monoisotopic (exact) mass is 330 g/mol. The van der Waals surface area contributed by atoms with Crippen LogP contribution in [0.15, 0.2) is 59.4 Å². The standard InChI is InChI=1S/C16H14N2O4S/c19-9-8-18-14(10-12-4-3-7-17-11-12)16(20)13-5-1-2-6-15(13)23(18,21)22/h1-7,10-11,19H,8-9H2. The Bertz CT molecular complexity index is 876. The van der Waals surface area contributed by atoms with E-state index in [1.54, 1.807) is 30.5 Å². The number of hydrogen-bond donors (Lipinski definition) is 1. The summed E-state index contributed by atoms with van der Waals surface area (Å²) in [5.41, 5.74) is 0.746. The van der Waals surface area contributed by atoms with Gasteiger partial charge in [-0.05, 0) is 29.8 Å². The molecular formula is C16H14N2O4S. The molecule has 0 aliphatic carbocycles. The molecule has 7 heteroatoms. The summed E-state index contributed by atoms with van der Waals surface area (Å²) in [5.74, 6) is -0.396. The average molecular weight is 330 g/mol. The molecule has 2 aromatic rings. The molecule has 0 amide bonds. The van der Waals surface area contributed by atoms with Gasteiger partial charge in [0.05, 0.1) is 18.0 Å². The molecule has 0 radical (unpaired) electrons. The number of hydrogen-bond acceptors (Lipinski definition) is 5. The number of benzene rings is 1. The lowest BCUT2D eigenvalue weighted by Crippen LogP contribution is -2.40. The van der Waals surface area contributed by atoms with Crippen LogP contribution in [0.4, 0.5) is 0 Å². The van der Waals surface area contributed by atoms with Crippen molar-refractivity contribution in [3.63, 3.8) is 0 Å². The molecule has 1 N–H and O–H groups in total. The maximum atomic E-state index is 12.7. The molecule has 6 nitrogen and oxygen atoms in total. The van der Waals surface area contributed by atoms with Crippen molar-refractivity contribution in [1.29, 1.82) is 0 Å². The van der Waals surface area contributed by atoms with E-state index in [0.29, 0.717) is 5.56 Å². The molecule has 23 heavy (non-hydrogen) atoms. The van der Waals surface area contributed by atoms with Crippen molar-refractivity contribution in [2.75, 3.05) is 13.2 Å². The molecule has 3 rings (SSSR count). The van der Waals surface area contributed by atoms with E-state index in [2.05, 4.69) is 4.98 Å². The van der Waals surface area contributed by atoms with Gasteiger partial charge in [-0.1, -0.05) is 18.2 Å². The molecule has 1 aliphatic rings. The number of carbonyl (C=O) groups is 1. The Morgan fingerprint density at radius 2 is 1.96 bits per heavy atom. The van der Waals surface area contributed by atoms with Crippen molar-refractivity contribution in [3.05, 3.63) is 65.6 Å². The van der Waals surface area contributed by atoms with Gasteiger partial charge in [0.2, 0.25) is 5.78 Å². The molecule has 0 saturated carbocycles. The van der Waals surface area contributed by atoms with Crippen molar-refractivity contribution >= 4 is 21.9 Å². The van der Waals surface area contributed by atoms with E-state index < -0.39 is 15.8 Å². The van der Waals surface area contributed by atoms with Gasteiger partial charge in [-0.2, -0.15) is 0 Å². The van der Waals surface area contributed by atoms with Crippen molar-refractivity contribution in [2.45, 2.75) is 4.90 Å². The number of allylic oxidation sites excluding steroid dienone is 1. The van der Waals surface area contributed by atoms with Crippen LogP contribution in [-0.4, -0.2) is 41.7 Å². The second kappa shape index (κ2) is 5.94. The van der Waals surface area contributed by atoms with E-state index in [1.165, 1.54) is 24.4 Å². The lowest BCUT2D eigenvalue weighted by atomic mass is 10.1. The number of aliphatic hydroxyl groups excluding tert-OH is 1. The zero-order valence-electron chi connectivity index (χ0n) is 12.1. The molecule has 0 spiro atoms. The summed E-state index contributed by atoms with van der Waals surface area (Å²) in [7, 11) is -3.88. The first-order valence-corrected chi connectivity index (χ1v) is 8.39. The highest BCUT2D eigenvalue weighted by Crippen LogP contribution is 2.32. The third kappa shape index (κ3) is 2.64. The molecular weight excluding hydrogens is 316 g/mol. The van der Waals surface area contributed by atoms with Crippen molar-refractivity contribution in [2.24, 2.45) is 0 Å². The predicted molar refractivity (Wildman–Crippen MR) is 84.0 cm³/mol. The lowest BCUT2D eigenvalue weighted by Gasteiger charge is -2.30. The van der Waals surface area contributed by atoms with Gasteiger partial charge >= 0.3 is 0 Å². The molecule has 0 fully saturated rings. The van der Waals surface area contributed by atoms with Crippen molar-refractivity contribution in [3.8, 4) is 0 Å². The molecule has 0 atom stereocenters. The van der Waals surface area contributed by atoms with Crippen LogP contribution in [0.1, 0.15) is 15.9 Å². The fourth-order valence-corrected chi connectivity index (χ4v) is 4.11. The summed E-state index contributed by atoms with van der Waals surface area (Å²) in [6, 6.07) is 9.48.